The lowest BCUT2D eigenvalue weighted by Gasteiger charge is -2.12. The van der Waals surface area contributed by atoms with Crippen molar-refractivity contribution < 1.29 is 0 Å². The van der Waals surface area contributed by atoms with Crippen LogP contribution in [0.1, 0.15) is 17.2 Å². The first kappa shape index (κ1) is 15.7. The van der Waals surface area contributed by atoms with E-state index in [2.05, 4.69) is 11.1 Å². The fraction of sp³-hybridized carbons (Fsp3) is 0.294. The zero-order chi connectivity index (χ0) is 17.4. The normalized spacial score (nSPS) is 12.2. The molecule has 0 saturated heterocycles. The molecule has 0 aliphatic heterocycles. The molecule has 7 nitrogen and oxygen atoms in total. The Kier molecular flexibility index (Phi) is 3.81. The van der Waals surface area contributed by atoms with Gasteiger partial charge in [-0.25, -0.2) is 9.78 Å². The quantitative estimate of drug-likeness (QED) is 0.721. The van der Waals surface area contributed by atoms with Crippen LogP contribution in [0.5, 0.6) is 0 Å². The summed E-state index contributed by atoms with van der Waals surface area (Å²) in [6.45, 7) is 2.00. The van der Waals surface area contributed by atoms with E-state index in [1.807, 2.05) is 31.2 Å². The van der Waals surface area contributed by atoms with Gasteiger partial charge in [-0.2, -0.15) is 5.26 Å². The molecule has 0 radical (unpaired) electrons. The Bertz CT molecular complexity index is 1060. The van der Waals surface area contributed by atoms with Crippen molar-refractivity contribution in [1.29, 1.82) is 5.26 Å². The summed E-state index contributed by atoms with van der Waals surface area (Å²) in [4.78, 5) is 28.6. The number of aryl methyl sites for hydroxylation is 2. The average molecular weight is 323 g/mol. The van der Waals surface area contributed by atoms with E-state index in [4.69, 9.17) is 0 Å². The maximum Gasteiger partial charge on any atom is 0.332 e. The van der Waals surface area contributed by atoms with E-state index in [9.17, 15) is 14.9 Å². The second-order valence-corrected chi connectivity index (χ2v) is 5.86. The van der Waals surface area contributed by atoms with Gasteiger partial charge in [0.25, 0.3) is 5.56 Å². The molecule has 0 amide bonds. The summed E-state index contributed by atoms with van der Waals surface area (Å²) < 4.78 is 3.89. The number of aromatic nitrogens is 4. The van der Waals surface area contributed by atoms with E-state index < -0.39 is 17.3 Å². The van der Waals surface area contributed by atoms with Gasteiger partial charge in [0.15, 0.2) is 11.2 Å². The standard InChI is InChI=1S/C17H17N5O2/c1-11-4-6-12(7-5-11)8-13(9-18)22-10-19-15-14(22)16(23)21(3)17(24)20(15)2/h4-7,10,13H,8H2,1-3H3. The molecule has 0 saturated carbocycles. The molecule has 0 aliphatic rings. The number of fused-ring (bicyclic) bond motifs is 1. The number of rotatable bonds is 3. The van der Waals surface area contributed by atoms with Crippen LogP contribution >= 0.6 is 0 Å². The lowest BCUT2D eigenvalue weighted by Crippen LogP contribution is -2.37. The van der Waals surface area contributed by atoms with Gasteiger partial charge in [0.2, 0.25) is 0 Å². The molecule has 3 aromatic rings. The van der Waals surface area contributed by atoms with Gasteiger partial charge in [-0.05, 0) is 12.5 Å². The van der Waals surface area contributed by atoms with E-state index in [0.29, 0.717) is 6.42 Å². The van der Waals surface area contributed by atoms with Crippen molar-refractivity contribution in [2.45, 2.75) is 19.4 Å². The van der Waals surface area contributed by atoms with Crippen molar-refractivity contribution in [2.24, 2.45) is 14.1 Å². The van der Waals surface area contributed by atoms with Crippen LogP contribution in [0.25, 0.3) is 11.2 Å². The van der Waals surface area contributed by atoms with Gasteiger partial charge in [-0.1, -0.05) is 29.8 Å². The van der Waals surface area contributed by atoms with Gasteiger partial charge in [-0.3, -0.25) is 13.9 Å². The molecule has 1 atom stereocenters. The SMILES string of the molecule is Cc1ccc(CC(C#N)n2cnc3c2c(=O)n(C)c(=O)n3C)cc1. The van der Waals surface area contributed by atoms with Crippen molar-refractivity contribution in [2.75, 3.05) is 0 Å². The van der Waals surface area contributed by atoms with Crippen LogP contribution < -0.4 is 11.2 Å². The lowest BCUT2D eigenvalue weighted by molar-refractivity contribution is 0.621. The van der Waals surface area contributed by atoms with Crippen molar-refractivity contribution in [1.82, 2.24) is 18.7 Å². The summed E-state index contributed by atoms with van der Waals surface area (Å²) in [6.07, 6.45) is 1.90. The summed E-state index contributed by atoms with van der Waals surface area (Å²) in [5.74, 6) is 0. The van der Waals surface area contributed by atoms with Crippen LogP contribution in [0.2, 0.25) is 0 Å². The molecule has 7 heteroatoms. The predicted octanol–water partition coefficient (Wildman–Crippen LogP) is 1.05. The molecule has 0 aliphatic carbocycles. The van der Waals surface area contributed by atoms with Crippen LogP contribution in [0.3, 0.4) is 0 Å². The highest BCUT2D eigenvalue weighted by molar-refractivity contribution is 5.70. The van der Waals surface area contributed by atoms with E-state index >= 15 is 0 Å². The first-order valence-corrected chi connectivity index (χ1v) is 7.51. The zero-order valence-electron chi connectivity index (χ0n) is 13.7. The third-order valence-electron chi connectivity index (χ3n) is 4.21. The van der Waals surface area contributed by atoms with Crippen molar-refractivity contribution in [3.05, 3.63) is 62.6 Å². The minimum atomic E-state index is -0.581. The smallest absolute Gasteiger partial charge is 0.308 e. The van der Waals surface area contributed by atoms with Gasteiger partial charge in [0.1, 0.15) is 6.04 Å². The van der Waals surface area contributed by atoms with Gasteiger partial charge < -0.3 is 4.57 Å². The molecule has 0 fully saturated rings. The van der Waals surface area contributed by atoms with E-state index in [1.165, 1.54) is 17.9 Å². The van der Waals surface area contributed by atoms with E-state index in [0.717, 1.165) is 15.7 Å². The van der Waals surface area contributed by atoms with E-state index in [1.54, 1.807) is 11.6 Å². The lowest BCUT2D eigenvalue weighted by atomic mass is 10.1. The summed E-state index contributed by atoms with van der Waals surface area (Å²) in [5, 5.41) is 9.58. The number of imidazole rings is 1. The van der Waals surface area contributed by atoms with Crippen LogP contribution in [0, 0.1) is 18.3 Å². The summed E-state index contributed by atoms with van der Waals surface area (Å²) in [7, 11) is 2.98. The molecule has 3 rings (SSSR count). The Morgan fingerprint density at radius 3 is 2.46 bits per heavy atom. The molecule has 1 unspecified atom stereocenters. The Labute approximate surface area is 138 Å². The van der Waals surface area contributed by atoms with Crippen molar-refractivity contribution >= 4 is 11.2 Å². The molecule has 0 bridgehead atoms. The molecule has 24 heavy (non-hydrogen) atoms. The molecule has 2 aromatic heterocycles. The monoisotopic (exact) mass is 323 g/mol. The highest BCUT2D eigenvalue weighted by Crippen LogP contribution is 2.18. The van der Waals surface area contributed by atoms with E-state index in [-0.39, 0.29) is 11.2 Å². The molecular formula is C17H17N5O2. The summed E-state index contributed by atoms with van der Waals surface area (Å²) in [6, 6.07) is 9.55. The van der Waals surface area contributed by atoms with Crippen molar-refractivity contribution in [3.63, 3.8) is 0 Å². The van der Waals surface area contributed by atoms with Gasteiger partial charge in [0, 0.05) is 20.5 Å². The highest BCUT2D eigenvalue weighted by Gasteiger charge is 2.20. The Morgan fingerprint density at radius 2 is 1.83 bits per heavy atom. The third kappa shape index (κ3) is 2.42. The van der Waals surface area contributed by atoms with Crippen LogP contribution in [0.4, 0.5) is 0 Å². The second-order valence-electron chi connectivity index (χ2n) is 5.86. The molecular weight excluding hydrogens is 306 g/mol. The van der Waals surface area contributed by atoms with Crippen LogP contribution in [-0.2, 0) is 20.5 Å². The van der Waals surface area contributed by atoms with Gasteiger partial charge in [0.05, 0.1) is 12.4 Å². The number of hydrogen-bond acceptors (Lipinski definition) is 4. The van der Waals surface area contributed by atoms with Crippen LogP contribution in [0.15, 0.2) is 40.2 Å². The minimum Gasteiger partial charge on any atom is -0.308 e. The maximum atomic E-state index is 12.5. The molecule has 0 N–H and O–H groups in total. The average Bonchev–Trinajstić information content (AvgIpc) is 3.02. The largest absolute Gasteiger partial charge is 0.332 e. The topological polar surface area (TPSA) is 85.6 Å². The number of nitrogens with zero attached hydrogens (tertiary/aromatic N) is 5. The molecule has 1 aromatic carbocycles. The summed E-state index contributed by atoms with van der Waals surface area (Å²) >= 11 is 0. The van der Waals surface area contributed by atoms with Crippen molar-refractivity contribution in [3.8, 4) is 6.07 Å². The Hall–Kier alpha value is -3.14. The van der Waals surface area contributed by atoms with Gasteiger partial charge in [-0.15, -0.1) is 0 Å². The fourth-order valence-corrected chi connectivity index (χ4v) is 2.75. The third-order valence-corrected chi connectivity index (χ3v) is 4.21. The molecule has 122 valence electrons. The number of benzene rings is 1. The summed E-state index contributed by atoms with van der Waals surface area (Å²) in [5.41, 5.74) is 1.80. The molecule has 2 heterocycles. The number of nitriles is 1. The zero-order valence-corrected chi connectivity index (χ0v) is 13.7. The second kappa shape index (κ2) is 5.81. The predicted molar refractivity (Wildman–Crippen MR) is 89.7 cm³/mol. The maximum absolute atomic E-state index is 12.5. The highest BCUT2D eigenvalue weighted by atomic mass is 16.2. The number of hydrogen-bond donors (Lipinski definition) is 0. The Balaban J connectivity index is 2.14. The first-order chi connectivity index (χ1) is 11.4. The minimum absolute atomic E-state index is 0.262. The fourth-order valence-electron chi connectivity index (χ4n) is 2.75. The Morgan fingerprint density at radius 1 is 1.17 bits per heavy atom. The first-order valence-electron chi connectivity index (χ1n) is 7.51. The van der Waals surface area contributed by atoms with Gasteiger partial charge >= 0.3 is 5.69 Å². The molecule has 0 spiro atoms. The van der Waals surface area contributed by atoms with Crippen LogP contribution in [-0.4, -0.2) is 18.7 Å².